The van der Waals surface area contributed by atoms with Crippen molar-refractivity contribution >= 4 is 15.9 Å². The molecule has 3 N–H and O–H groups in total. The maximum atomic E-state index is 12.6. The SMILES string of the molecule is NS(=O)(=O)c1ccc(C(=O)NC2CCCCC2CN2CCCCC2)cc1. The lowest BCUT2D eigenvalue weighted by Crippen LogP contribution is -2.47. The summed E-state index contributed by atoms with van der Waals surface area (Å²) in [5.41, 5.74) is 0.472. The molecule has 2 fully saturated rings. The first kappa shape index (κ1) is 19.3. The number of nitrogens with two attached hydrogens (primary N) is 1. The Morgan fingerprint density at radius 2 is 1.69 bits per heavy atom. The van der Waals surface area contributed by atoms with Gasteiger partial charge in [0, 0.05) is 18.2 Å². The third-order valence-electron chi connectivity index (χ3n) is 5.61. The van der Waals surface area contributed by atoms with Gasteiger partial charge in [0.25, 0.3) is 5.91 Å². The molecule has 1 heterocycles. The lowest BCUT2D eigenvalue weighted by atomic mass is 9.83. The van der Waals surface area contributed by atoms with Crippen molar-refractivity contribution in [1.29, 1.82) is 0 Å². The summed E-state index contributed by atoms with van der Waals surface area (Å²) in [6.07, 6.45) is 8.43. The Morgan fingerprint density at radius 3 is 2.35 bits per heavy atom. The fourth-order valence-corrected chi connectivity index (χ4v) is 4.65. The predicted molar refractivity (Wildman–Crippen MR) is 101 cm³/mol. The number of piperidine rings is 1. The van der Waals surface area contributed by atoms with Crippen LogP contribution in [0.25, 0.3) is 0 Å². The number of nitrogens with one attached hydrogen (secondary N) is 1. The zero-order valence-electron chi connectivity index (χ0n) is 15.2. The number of rotatable bonds is 5. The van der Waals surface area contributed by atoms with Crippen LogP contribution in [0.5, 0.6) is 0 Å². The average molecular weight is 380 g/mol. The van der Waals surface area contributed by atoms with Crippen LogP contribution in [0.4, 0.5) is 0 Å². The molecule has 1 amide bonds. The number of sulfonamides is 1. The molecule has 144 valence electrons. The van der Waals surface area contributed by atoms with Crippen molar-refractivity contribution in [2.75, 3.05) is 19.6 Å². The maximum absolute atomic E-state index is 12.6. The Bertz CT molecular complexity index is 712. The predicted octanol–water partition coefficient (Wildman–Crippen LogP) is 2.11. The van der Waals surface area contributed by atoms with Crippen molar-refractivity contribution in [3.63, 3.8) is 0 Å². The number of carbonyl (C=O) groups is 1. The minimum atomic E-state index is -3.73. The molecule has 1 aromatic carbocycles. The number of benzene rings is 1. The van der Waals surface area contributed by atoms with E-state index in [1.165, 1.54) is 63.0 Å². The first-order chi connectivity index (χ1) is 12.4. The molecule has 0 bridgehead atoms. The van der Waals surface area contributed by atoms with Gasteiger partial charge < -0.3 is 10.2 Å². The molecule has 2 atom stereocenters. The normalized spacial score (nSPS) is 25.0. The standard InChI is InChI=1S/C19H29N3O3S/c20-26(24,25)17-10-8-15(9-11-17)19(23)21-18-7-3-2-6-16(18)14-22-12-4-1-5-13-22/h8-11,16,18H,1-7,12-14H2,(H,21,23)(H2,20,24,25). The highest BCUT2D eigenvalue weighted by atomic mass is 32.2. The molecule has 0 spiro atoms. The first-order valence-electron chi connectivity index (χ1n) is 9.59. The number of hydrogen-bond acceptors (Lipinski definition) is 4. The molecule has 1 aliphatic carbocycles. The Labute approximate surface area is 156 Å². The van der Waals surface area contributed by atoms with Crippen LogP contribution in [0, 0.1) is 5.92 Å². The largest absolute Gasteiger partial charge is 0.349 e. The van der Waals surface area contributed by atoms with Crippen molar-refractivity contribution in [2.45, 2.75) is 55.9 Å². The third kappa shape index (κ3) is 5.05. The first-order valence-corrected chi connectivity index (χ1v) is 11.1. The van der Waals surface area contributed by atoms with Gasteiger partial charge in [-0.15, -0.1) is 0 Å². The van der Waals surface area contributed by atoms with Crippen molar-refractivity contribution in [1.82, 2.24) is 10.2 Å². The Morgan fingerprint density at radius 1 is 1.04 bits per heavy atom. The number of likely N-dealkylation sites (tertiary alicyclic amines) is 1. The van der Waals surface area contributed by atoms with Gasteiger partial charge in [0.05, 0.1) is 4.90 Å². The summed E-state index contributed by atoms with van der Waals surface area (Å²) >= 11 is 0. The maximum Gasteiger partial charge on any atom is 0.251 e. The molecule has 1 aliphatic heterocycles. The van der Waals surface area contributed by atoms with Gasteiger partial charge in [0.15, 0.2) is 0 Å². The second-order valence-corrected chi connectivity index (χ2v) is 9.12. The zero-order valence-corrected chi connectivity index (χ0v) is 16.0. The van der Waals surface area contributed by atoms with Crippen molar-refractivity contribution in [3.05, 3.63) is 29.8 Å². The summed E-state index contributed by atoms with van der Waals surface area (Å²) in [6.45, 7) is 3.41. The van der Waals surface area contributed by atoms with Crippen LogP contribution in [0.1, 0.15) is 55.3 Å². The molecule has 3 rings (SSSR count). The Hall–Kier alpha value is -1.44. The van der Waals surface area contributed by atoms with Gasteiger partial charge in [0.2, 0.25) is 10.0 Å². The lowest BCUT2D eigenvalue weighted by molar-refractivity contribution is 0.0877. The molecule has 1 saturated heterocycles. The van der Waals surface area contributed by atoms with E-state index in [0.717, 1.165) is 25.8 Å². The molecule has 6 nitrogen and oxygen atoms in total. The van der Waals surface area contributed by atoms with Gasteiger partial charge in [0.1, 0.15) is 0 Å². The smallest absolute Gasteiger partial charge is 0.251 e. The molecule has 2 unspecified atom stereocenters. The van der Waals surface area contributed by atoms with Gasteiger partial charge in [-0.1, -0.05) is 19.3 Å². The molecule has 1 aromatic rings. The second kappa shape index (κ2) is 8.50. The van der Waals surface area contributed by atoms with E-state index in [0.29, 0.717) is 11.5 Å². The van der Waals surface area contributed by atoms with Crippen LogP contribution >= 0.6 is 0 Å². The molecule has 1 saturated carbocycles. The van der Waals surface area contributed by atoms with Crippen molar-refractivity contribution in [3.8, 4) is 0 Å². The van der Waals surface area contributed by atoms with Gasteiger partial charge in [-0.3, -0.25) is 4.79 Å². The molecule has 0 aromatic heterocycles. The summed E-state index contributed by atoms with van der Waals surface area (Å²) in [6, 6.07) is 6.01. The van der Waals surface area contributed by atoms with Crippen LogP contribution in [0.2, 0.25) is 0 Å². The third-order valence-corrected chi connectivity index (χ3v) is 6.54. The minimum absolute atomic E-state index is 0.0229. The summed E-state index contributed by atoms with van der Waals surface area (Å²) in [4.78, 5) is 15.2. The monoisotopic (exact) mass is 379 g/mol. The summed E-state index contributed by atoms with van der Waals surface area (Å²) < 4.78 is 22.7. The van der Waals surface area contributed by atoms with Crippen LogP contribution < -0.4 is 10.5 Å². The summed E-state index contributed by atoms with van der Waals surface area (Å²) in [5, 5.41) is 8.29. The van der Waals surface area contributed by atoms with E-state index in [4.69, 9.17) is 5.14 Å². The molecule has 7 heteroatoms. The molecular formula is C19H29N3O3S. The van der Waals surface area contributed by atoms with E-state index in [-0.39, 0.29) is 16.8 Å². The summed E-state index contributed by atoms with van der Waals surface area (Å²) in [7, 11) is -3.73. The van der Waals surface area contributed by atoms with E-state index in [9.17, 15) is 13.2 Å². The zero-order chi connectivity index (χ0) is 18.6. The number of primary sulfonamides is 1. The van der Waals surface area contributed by atoms with Crippen LogP contribution in [0.3, 0.4) is 0 Å². The molecular weight excluding hydrogens is 350 g/mol. The van der Waals surface area contributed by atoms with Crippen LogP contribution in [-0.2, 0) is 10.0 Å². The second-order valence-electron chi connectivity index (χ2n) is 7.56. The number of hydrogen-bond donors (Lipinski definition) is 2. The quantitative estimate of drug-likeness (QED) is 0.819. The Balaban J connectivity index is 1.62. The number of nitrogens with zero attached hydrogens (tertiary/aromatic N) is 1. The molecule has 26 heavy (non-hydrogen) atoms. The number of carbonyl (C=O) groups excluding carboxylic acids is 1. The fraction of sp³-hybridized carbons (Fsp3) is 0.632. The lowest BCUT2D eigenvalue weighted by Gasteiger charge is -2.37. The highest BCUT2D eigenvalue weighted by molar-refractivity contribution is 7.89. The van der Waals surface area contributed by atoms with E-state index in [1.807, 2.05) is 0 Å². The minimum Gasteiger partial charge on any atom is -0.349 e. The summed E-state index contributed by atoms with van der Waals surface area (Å²) in [5.74, 6) is 0.357. The molecule has 0 radical (unpaired) electrons. The van der Waals surface area contributed by atoms with E-state index < -0.39 is 10.0 Å². The highest BCUT2D eigenvalue weighted by Gasteiger charge is 2.28. The molecule has 2 aliphatic rings. The number of amides is 1. The van der Waals surface area contributed by atoms with Gasteiger partial charge >= 0.3 is 0 Å². The van der Waals surface area contributed by atoms with Gasteiger partial charge in [-0.25, -0.2) is 13.6 Å². The van der Waals surface area contributed by atoms with E-state index in [2.05, 4.69) is 10.2 Å². The van der Waals surface area contributed by atoms with Crippen LogP contribution in [0.15, 0.2) is 29.2 Å². The van der Waals surface area contributed by atoms with Crippen LogP contribution in [-0.4, -0.2) is 44.9 Å². The Kier molecular flexibility index (Phi) is 6.32. The van der Waals surface area contributed by atoms with E-state index >= 15 is 0 Å². The highest BCUT2D eigenvalue weighted by Crippen LogP contribution is 2.26. The fourth-order valence-electron chi connectivity index (χ4n) is 4.14. The van der Waals surface area contributed by atoms with Gasteiger partial charge in [-0.05, 0) is 69.0 Å². The topological polar surface area (TPSA) is 92.5 Å². The average Bonchev–Trinajstić information content (AvgIpc) is 2.63. The van der Waals surface area contributed by atoms with E-state index in [1.54, 1.807) is 0 Å². The van der Waals surface area contributed by atoms with Gasteiger partial charge in [-0.2, -0.15) is 0 Å². The van der Waals surface area contributed by atoms with Crippen molar-refractivity contribution in [2.24, 2.45) is 11.1 Å². The van der Waals surface area contributed by atoms with Crippen molar-refractivity contribution < 1.29 is 13.2 Å².